The minimum absolute atomic E-state index is 0.223. The van der Waals surface area contributed by atoms with E-state index in [0.717, 1.165) is 11.6 Å². The van der Waals surface area contributed by atoms with Gasteiger partial charge in [-0.15, -0.1) is 0 Å². The van der Waals surface area contributed by atoms with Crippen molar-refractivity contribution in [2.24, 2.45) is 0 Å². The fraction of sp³-hybridized carbons (Fsp3) is 0.211. The Morgan fingerprint density at radius 1 is 1.04 bits per heavy atom. The minimum atomic E-state index is -0.962. The zero-order valence-corrected chi connectivity index (χ0v) is 14.1. The Morgan fingerprint density at radius 2 is 1.69 bits per heavy atom. The van der Waals surface area contributed by atoms with Gasteiger partial charge in [0, 0.05) is 6.42 Å². The van der Waals surface area contributed by atoms with E-state index in [4.69, 9.17) is 4.74 Å². The van der Waals surface area contributed by atoms with Gasteiger partial charge in [-0.05, 0) is 17.7 Å². The number of hydrogen-bond donors (Lipinski definition) is 1. The van der Waals surface area contributed by atoms with Crippen molar-refractivity contribution in [2.45, 2.75) is 12.5 Å². The Kier molecular flexibility index (Phi) is 6.84. The predicted octanol–water partition coefficient (Wildman–Crippen LogP) is 1.88. The number of nitrogens with one attached hydrogen (secondary N) is 1. The molecule has 1 atom stereocenters. The average Bonchev–Trinajstić information content (AvgIpc) is 2.66. The lowest BCUT2D eigenvalue weighted by molar-refractivity contribution is -0.145. The fourth-order valence-electron chi connectivity index (χ4n) is 2.26. The largest absolute Gasteiger partial charge is 0.467 e. The van der Waals surface area contributed by atoms with E-state index in [1.807, 2.05) is 18.2 Å². The van der Waals surface area contributed by atoms with Crippen molar-refractivity contribution in [3.05, 3.63) is 71.5 Å². The van der Waals surface area contributed by atoms with Crippen LogP contribution >= 0.6 is 0 Å². The van der Waals surface area contributed by atoms with Gasteiger partial charge in [0.15, 0.2) is 6.61 Å². The molecule has 26 heavy (non-hydrogen) atoms. The Labute approximate surface area is 149 Å². The molecule has 0 aliphatic carbocycles. The van der Waals surface area contributed by atoms with Gasteiger partial charge in [0.1, 0.15) is 11.9 Å². The second-order valence-electron chi connectivity index (χ2n) is 5.39. The molecule has 136 valence electrons. The monoisotopic (exact) mass is 359 g/mol. The molecule has 2 rings (SSSR count). The fourth-order valence-corrected chi connectivity index (χ4v) is 2.26. The molecule has 0 aromatic heterocycles. The zero-order valence-electron chi connectivity index (χ0n) is 14.1. The van der Waals surface area contributed by atoms with Crippen LogP contribution in [0.2, 0.25) is 0 Å². The molecule has 1 N–H and O–H groups in total. The molecule has 0 aliphatic rings. The Morgan fingerprint density at radius 3 is 2.35 bits per heavy atom. The molecule has 0 radical (unpaired) electrons. The molecule has 1 amide bonds. The average molecular weight is 359 g/mol. The van der Waals surface area contributed by atoms with Crippen LogP contribution in [0, 0.1) is 5.82 Å². The highest BCUT2D eigenvalue weighted by atomic mass is 19.1. The maximum absolute atomic E-state index is 13.5. The summed E-state index contributed by atoms with van der Waals surface area (Å²) >= 11 is 0. The highest BCUT2D eigenvalue weighted by Gasteiger charge is 2.23. The molecule has 6 nitrogen and oxygen atoms in total. The summed E-state index contributed by atoms with van der Waals surface area (Å²) < 4.78 is 23.0. The first-order chi connectivity index (χ1) is 12.5. The van der Waals surface area contributed by atoms with Gasteiger partial charge in [-0.3, -0.25) is 4.79 Å². The van der Waals surface area contributed by atoms with Crippen LogP contribution in [0.15, 0.2) is 54.6 Å². The van der Waals surface area contributed by atoms with E-state index in [1.165, 1.54) is 25.3 Å². The van der Waals surface area contributed by atoms with E-state index in [9.17, 15) is 18.8 Å². The SMILES string of the molecule is COC(=O)[C@H](Cc1ccccc1)NC(=O)COC(=O)c1ccccc1F. The number of carbonyl (C=O) groups excluding carboxylic acids is 3. The first-order valence-electron chi connectivity index (χ1n) is 7.84. The molecule has 0 saturated carbocycles. The number of esters is 2. The quantitative estimate of drug-likeness (QED) is 0.764. The third-order valence-electron chi connectivity index (χ3n) is 3.53. The van der Waals surface area contributed by atoms with Crippen LogP contribution in [0.25, 0.3) is 0 Å². The standard InChI is InChI=1S/C19H18FNO5/c1-25-19(24)16(11-13-7-3-2-4-8-13)21-17(22)12-26-18(23)14-9-5-6-10-15(14)20/h2-10,16H,11-12H2,1H3,(H,21,22)/t16-/m0/s1. The minimum Gasteiger partial charge on any atom is -0.467 e. The summed E-state index contributed by atoms with van der Waals surface area (Å²) in [4.78, 5) is 35.7. The highest BCUT2D eigenvalue weighted by Crippen LogP contribution is 2.08. The molecule has 0 fully saturated rings. The molecule has 0 unspecified atom stereocenters. The third-order valence-corrected chi connectivity index (χ3v) is 3.53. The number of amides is 1. The van der Waals surface area contributed by atoms with Crippen molar-refractivity contribution in [3.63, 3.8) is 0 Å². The van der Waals surface area contributed by atoms with Crippen molar-refractivity contribution in [2.75, 3.05) is 13.7 Å². The van der Waals surface area contributed by atoms with Crippen LogP contribution in [0.5, 0.6) is 0 Å². The molecular weight excluding hydrogens is 341 g/mol. The third kappa shape index (κ3) is 5.41. The molecule has 0 spiro atoms. The van der Waals surface area contributed by atoms with Crippen molar-refractivity contribution >= 4 is 17.8 Å². The second kappa shape index (κ2) is 9.31. The second-order valence-corrected chi connectivity index (χ2v) is 5.39. The van der Waals surface area contributed by atoms with Crippen molar-refractivity contribution in [3.8, 4) is 0 Å². The van der Waals surface area contributed by atoms with E-state index in [-0.39, 0.29) is 12.0 Å². The molecule has 7 heteroatoms. The summed E-state index contributed by atoms with van der Waals surface area (Å²) in [6.45, 7) is -0.643. The lowest BCUT2D eigenvalue weighted by Crippen LogP contribution is -2.44. The normalized spacial score (nSPS) is 11.3. The number of methoxy groups -OCH3 is 1. The zero-order chi connectivity index (χ0) is 18.9. The van der Waals surface area contributed by atoms with Gasteiger partial charge in [-0.1, -0.05) is 42.5 Å². The maximum Gasteiger partial charge on any atom is 0.341 e. The highest BCUT2D eigenvalue weighted by molar-refractivity contribution is 5.92. The molecule has 2 aromatic rings. The first kappa shape index (κ1) is 19.1. The Bertz CT molecular complexity index is 779. The van der Waals surface area contributed by atoms with Crippen LogP contribution in [-0.2, 0) is 25.5 Å². The van der Waals surface area contributed by atoms with Crippen LogP contribution in [0.1, 0.15) is 15.9 Å². The molecule has 0 aliphatic heterocycles. The number of benzene rings is 2. The van der Waals surface area contributed by atoms with Gasteiger partial charge in [-0.25, -0.2) is 14.0 Å². The summed E-state index contributed by atoms with van der Waals surface area (Å²) in [5, 5.41) is 2.45. The molecule has 0 heterocycles. The van der Waals surface area contributed by atoms with Crippen LogP contribution in [-0.4, -0.2) is 37.6 Å². The van der Waals surface area contributed by atoms with Crippen LogP contribution < -0.4 is 5.32 Å². The number of hydrogen-bond acceptors (Lipinski definition) is 5. The topological polar surface area (TPSA) is 81.7 Å². The van der Waals surface area contributed by atoms with Gasteiger partial charge < -0.3 is 14.8 Å². The Hall–Kier alpha value is -3.22. The number of halogens is 1. The summed E-state index contributed by atoms with van der Waals surface area (Å²) in [5.74, 6) is -3.02. The van der Waals surface area contributed by atoms with Crippen molar-refractivity contribution in [1.29, 1.82) is 0 Å². The van der Waals surface area contributed by atoms with E-state index >= 15 is 0 Å². The van der Waals surface area contributed by atoms with Gasteiger partial charge in [0.05, 0.1) is 12.7 Å². The van der Waals surface area contributed by atoms with E-state index < -0.39 is 36.3 Å². The predicted molar refractivity (Wildman–Crippen MR) is 90.8 cm³/mol. The van der Waals surface area contributed by atoms with Gasteiger partial charge in [-0.2, -0.15) is 0 Å². The summed E-state index contributed by atoms with van der Waals surface area (Å²) in [5.41, 5.74) is 0.556. The number of rotatable bonds is 7. The van der Waals surface area contributed by atoms with Crippen molar-refractivity contribution in [1.82, 2.24) is 5.32 Å². The Balaban J connectivity index is 1.93. The molecule has 2 aromatic carbocycles. The van der Waals surface area contributed by atoms with E-state index in [1.54, 1.807) is 12.1 Å². The lowest BCUT2D eigenvalue weighted by atomic mass is 10.1. The number of carbonyl (C=O) groups is 3. The van der Waals surface area contributed by atoms with Gasteiger partial charge >= 0.3 is 11.9 Å². The van der Waals surface area contributed by atoms with Crippen molar-refractivity contribution < 1.29 is 28.2 Å². The first-order valence-corrected chi connectivity index (χ1v) is 7.84. The van der Waals surface area contributed by atoms with E-state index in [2.05, 4.69) is 10.1 Å². The lowest BCUT2D eigenvalue weighted by Gasteiger charge is -2.16. The summed E-state index contributed by atoms with van der Waals surface area (Å²) in [6.07, 6.45) is 0.223. The molecule has 0 bridgehead atoms. The summed E-state index contributed by atoms with van der Waals surface area (Å²) in [6, 6.07) is 13.4. The van der Waals surface area contributed by atoms with Crippen LogP contribution in [0.3, 0.4) is 0 Å². The molecular formula is C19H18FNO5. The van der Waals surface area contributed by atoms with Gasteiger partial charge in [0.2, 0.25) is 0 Å². The van der Waals surface area contributed by atoms with Crippen LogP contribution in [0.4, 0.5) is 4.39 Å². The van der Waals surface area contributed by atoms with E-state index in [0.29, 0.717) is 0 Å². The molecule has 0 saturated heterocycles. The number of ether oxygens (including phenoxy) is 2. The smallest absolute Gasteiger partial charge is 0.341 e. The maximum atomic E-state index is 13.5. The van der Waals surface area contributed by atoms with Gasteiger partial charge in [0.25, 0.3) is 5.91 Å². The summed E-state index contributed by atoms with van der Waals surface area (Å²) in [7, 11) is 1.21.